The molecule has 94 valence electrons. The van der Waals surface area contributed by atoms with E-state index in [0.29, 0.717) is 5.75 Å². The lowest BCUT2D eigenvalue weighted by Gasteiger charge is -2.12. The Bertz CT molecular complexity index is 363. The first-order valence-corrected chi connectivity index (χ1v) is 5.38. The Kier molecular flexibility index (Phi) is 5.36. The number of hydrogen-bond donors (Lipinski definition) is 1. The maximum atomic E-state index is 5.33. The Balaban J connectivity index is 3.15. The molecule has 1 aromatic carbocycles. The van der Waals surface area contributed by atoms with Gasteiger partial charge in [-0.3, -0.25) is 0 Å². The van der Waals surface area contributed by atoms with Gasteiger partial charge in [0, 0.05) is 18.7 Å². The maximum Gasteiger partial charge on any atom is 0.133 e. The van der Waals surface area contributed by atoms with Crippen molar-refractivity contribution in [1.29, 1.82) is 0 Å². The van der Waals surface area contributed by atoms with Crippen LogP contribution >= 0.6 is 0 Å². The molecule has 0 aromatic heterocycles. The zero-order chi connectivity index (χ0) is 12.7. The molecule has 1 rings (SSSR count). The van der Waals surface area contributed by atoms with Crippen molar-refractivity contribution in [3.8, 4) is 17.2 Å². The van der Waals surface area contributed by atoms with Crippen molar-refractivity contribution in [2.24, 2.45) is 0 Å². The zero-order valence-corrected chi connectivity index (χ0v) is 10.7. The topological polar surface area (TPSA) is 39.7 Å². The van der Waals surface area contributed by atoms with Gasteiger partial charge in [0.25, 0.3) is 0 Å². The molecule has 0 aliphatic carbocycles. The van der Waals surface area contributed by atoms with Crippen LogP contribution in [-0.4, -0.2) is 34.9 Å². The average Bonchev–Trinajstić information content (AvgIpc) is 2.38. The molecule has 0 unspecified atom stereocenters. The minimum atomic E-state index is 0.712. The van der Waals surface area contributed by atoms with E-state index in [1.54, 1.807) is 21.3 Å². The van der Waals surface area contributed by atoms with Crippen LogP contribution in [0.15, 0.2) is 18.2 Å². The molecule has 4 heteroatoms. The Labute approximate surface area is 102 Å². The van der Waals surface area contributed by atoms with Crippen molar-refractivity contribution >= 4 is 6.08 Å². The molecule has 0 radical (unpaired) electrons. The molecule has 0 saturated carbocycles. The third-order valence-corrected chi connectivity index (χ3v) is 2.36. The maximum absolute atomic E-state index is 5.33. The number of likely N-dealkylation sites (N-methyl/N-ethyl adjacent to an activating group) is 1. The minimum Gasteiger partial charge on any atom is -0.496 e. The molecule has 17 heavy (non-hydrogen) atoms. The molecular weight excluding hydrogens is 218 g/mol. The van der Waals surface area contributed by atoms with Crippen LogP contribution in [0.2, 0.25) is 0 Å². The monoisotopic (exact) mass is 237 g/mol. The second-order valence-corrected chi connectivity index (χ2v) is 3.41. The summed E-state index contributed by atoms with van der Waals surface area (Å²) < 4.78 is 15.8. The molecule has 1 N–H and O–H groups in total. The molecule has 0 aliphatic rings. The van der Waals surface area contributed by atoms with E-state index in [1.807, 2.05) is 31.3 Å². The molecule has 4 nitrogen and oxygen atoms in total. The van der Waals surface area contributed by atoms with E-state index in [4.69, 9.17) is 14.2 Å². The highest BCUT2D eigenvalue weighted by Gasteiger charge is 2.10. The summed E-state index contributed by atoms with van der Waals surface area (Å²) in [5.74, 6) is 2.17. The van der Waals surface area contributed by atoms with E-state index in [2.05, 4.69) is 5.32 Å². The largest absolute Gasteiger partial charge is 0.496 e. The van der Waals surface area contributed by atoms with Gasteiger partial charge in [-0.05, 0) is 7.05 Å². The molecule has 0 spiro atoms. The number of benzene rings is 1. The van der Waals surface area contributed by atoms with Crippen molar-refractivity contribution in [3.05, 3.63) is 23.8 Å². The number of nitrogens with one attached hydrogen (secondary N) is 1. The summed E-state index contributed by atoms with van der Waals surface area (Å²) in [5, 5.41) is 3.04. The highest BCUT2D eigenvalue weighted by molar-refractivity contribution is 5.66. The van der Waals surface area contributed by atoms with Gasteiger partial charge in [0.15, 0.2) is 0 Å². The first-order chi connectivity index (χ1) is 8.26. The molecule has 0 bridgehead atoms. The van der Waals surface area contributed by atoms with Gasteiger partial charge in [-0.15, -0.1) is 0 Å². The third kappa shape index (κ3) is 3.39. The van der Waals surface area contributed by atoms with Gasteiger partial charge in [0.1, 0.15) is 17.2 Å². The molecule has 0 heterocycles. The van der Waals surface area contributed by atoms with E-state index in [9.17, 15) is 0 Å². The predicted octanol–water partition coefficient (Wildman–Crippen LogP) is 1.94. The van der Waals surface area contributed by atoms with E-state index >= 15 is 0 Å². The summed E-state index contributed by atoms with van der Waals surface area (Å²) in [4.78, 5) is 0. The molecule has 0 atom stereocenters. The van der Waals surface area contributed by atoms with Crippen LogP contribution in [0.25, 0.3) is 6.08 Å². The van der Waals surface area contributed by atoms with E-state index in [0.717, 1.165) is 23.6 Å². The summed E-state index contributed by atoms with van der Waals surface area (Å²) >= 11 is 0. The first-order valence-electron chi connectivity index (χ1n) is 5.38. The van der Waals surface area contributed by atoms with Gasteiger partial charge < -0.3 is 19.5 Å². The van der Waals surface area contributed by atoms with Crippen LogP contribution in [0, 0.1) is 0 Å². The van der Waals surface area contributed by atoms with Crippen LogP contribution in [0.3, 0.4) is 0 Å². The quantitative estimate of drug-likeness (QED) is 0.821. The van der Waals surface area contributed by atoms with E-state index in [1.165, 1.54) is 0 Å². The summed E-state index contributed by atoms with van der Waals surface area (Å²) in [6.45, 7) is 0.790. The normalized spacial score (nSPS) is 10.6. The van der Waals surface area contributed by atoms with Crippen molar-refractivity contribution in [1.82, 2.24) is 5.32 Å². The van der Waals surface area contributed by atoms with Crippen LogP contribution < -0.4 is 19.5 Å². The van der Waals surface area contributed by atoms with Crippen LogP contribution in [0.4, 0.5) is 0 Å². The number of ether oxygens (including phenoxy) is 3. The van der Waals surface area contributed by atoms with Crippen molar-refractivity contribution in [2.75, 3.05) is 34.9 Å². The smallest absolute Gasteiger partial charge is 0.133 e. The van der Waals surface area contributed by atoms with Gasteiger partial charge in [-0.1, -0.05) is 12.2 Å². The molecule has 0 amide bonds. The van der Waals surface area contributed by atoms with Crippen LogP contribution in [-0.2, 0) is 0 Å². The third-order valence-electron chi connectivity index (χ3n) is 2.36. The molecular formula is C13H19NO3. The minimum absolute atomic E-state index is 0.712. The lowest BCUT2D eigenvalue weighted by Crippen LogP contribution is -2.04. The van der Waals surface area contributed by atoms with Gasteiger partial charge in [0.05, 0.1) is 26.9 Å². The molecule has 0 saturated heterocycles. The molecule has 0 aliphatic heterocycles. The summed E-state index contributed by atoms with van der Waals surface area (Å²) in [7, 11) is 6.77. The predicted molar refractivity (Wildman–Crippen MR) is 69.1 cm³/mol. The van der Waals surface area contributed by atoms with Crippen LogP contribution in [0.1, 0.15) is 5.56 Å². The Morgan fingerprint density at radius 1 is 1.06 bits per heavy atom. The Hall–Kier alpha value is -1.68. The van der Waals surface area contributed by atoms with Crippen molar-refractivity contribution in [3.63, 3.8) is 0 Å². The SMILES string of the molecule is CNCC=Cc1c(OC)cc(OC)cc1OC. The number of rotatable bonds is 6. The van der Waals surface area contributed by atoms with Crippen molar-refractivity contribution in [2.45, 2.75) is 0 Å². The summed E-state index contributed by atoms with van der Waals surface area (Å²) in [5.41, 5.74) is 0.908. The first kappa shape index (κ1) is 13.4. The highest BCUT2D eigenvalue weighted by Crippen LogP contribution is 2.34. The average molecular weight is 237 g/mol. The lowest BCUT2D eigenvalue weighted by atomic mass is 10.1. The summed E-state index contributed by atoms with van der Waals surface area (Å²) in [6, 6.07) is 3.67. The van der Waals surface area contributed by atoms with E-state index in [-0.39, 0.29) is 0 Å². The standard InChI is InChI=1S/C13H19NO3/c1-14-7-5-6-11-12(16-3)8-10(15-2)9-13(11)17-4/h5-6,8-9,14H,7H2,1-4H3. The fourth-order valence-corrected chi connectivity index (χ4v) is 1.49. The van der Waals surface area contributed by atoms with Gasteiger partial charge in [0.2, 0.25) is 0 Å². The number of hydrogen-bond acceptors (Lipinski definition) is 4. The van der Waals surface area contributed by atoms with Gasteiger partial charge in [-0.2, -0.15) is 0 Å². The van der Waals surface area contributed by atoms with Crippen LogP contribution in [0.5, 0.6) is 17.2 Å². The van der Waals surface area contributed by atoms with E-state index < -0.39 is 0 Å². The van der Waals surface area contributed by atoms with Crippen molar-refractivity contribution < 1.29 is 14.2 Å². The highest BCUT2D eigenvalue weighted by atomic mass is 16.5. The molecule has 0 fully saturated rings. The fraction of sp³-hybridized carbons (Fsp3) is 0.385. The zero-order valence-electron chi connectivity index (χ0n) is 10.7. The molecule has 1 aromatic rings. The Morgan fingerprint density at radius 2 is 1.65 bits per heavy atom. The lowest BCUT2D eigenvalue weighted by molar-refractivity contribution is 0.374. The number of methoxy groups -OCH3 is 3. The fourth-order valence-electron chi connectivity index (χ4n) is 1.49. The van der Waals surface area contributed by atoms with Gasteiger partial charge >= 0.3 is 0 Å². The second kappa shape index (κ2) is 6.81. The second-order valence-electron chi connectivity index (χ2n) is 3.41. The van der Waals surface area contributed by atoms with Gasteiger partial charge in [-0.25, -0.2) is 0 Å². The summed E-state index contributed by atoms with van der Waals surface area (Å²) in [6.07, 6.45) is 3.97. The Morgan fingerprint density at radius 3 is 2.06 bits per heavy atom.